The van der Waals surface area contributed by atoms with Crippen LogP contribution in [-0.4, -0.2) is 23.3 Å². The average molecular weight is 263 g/mol. The number of hydrogen-bond donors (Lipinski definition) is 2. The minimum atomic E-state index is -0.179. The minimum absolute atomic E-state index is 0.142. The third-order valence-electron chi connectivity index (χ3n) is 4.64. The van der Waals surface area contributed by atoms with Crippen LogP contribution in [0.5, 0.6) is 0 Å². The Kier molecular flexibility index (Phi) is 3.85. The molecule has 2 nitrogen and oxygen atoms in total. The van der Waals surface area contributed by atoms with Gasteiger partial charge in [-0.15, -0.1) is 0 Å². The molecule has 0 aromatic heterocycles. The van der Waals surface area contributed by atoms with E-state index in [1.54, 1.807) is 12.1 Å². The van der Waals surface area contributed by atoms with Crippen LogP contribution in [0.2, 0.25) is 0 Å². The van der Waals surface area contributed by atoms with Crippen molar-refractivity contribution in [2.75, 3.05) is 0 Å². The summed E-state index contributed by atoms with van der Waals surface area (Å²) >= 11 is 0. The summed E-state index contributed by atoms with van der Waals surface area (Å²) in [5.74, 6) is 0.338. The number of rotatable bonds is 3. The van der Waals surface area contributed by atoms with Gasteiger partial charge in [0.15, 0.2) is 0 Å². The van der Waals surface area contributed by atoms with E-state index < -0.39 is 0 Å². The second-order valence-corrected chi connectivity index (χ2v) is 6.05. The first-order valence-corrected chi connectivity index (χ1v) is 7.42. The van der Waals surface area contributed by atoms with Gasteiger partial charge in [-0.25, -0.2) is 4.39 Å². The molecule has 2 aliphatic carbocycles. The lowest BCUT2D eigenvalue weighted by Crippen LogP contribution is -2.51. The van der Waals surface area contributed by atoms with Crippen LogP contribution in [0, 0.1) is 5.82 Å². The smallest absolute Gasteiger partial charge is 0.123 e. The lowest BCUT2D eigenvalue weighted by molar-refractivity contribution is 0.0750. The Morgan fingerprint density at radius 3 is 2.68 bits per heavy atom. The predicted molar refractivity (Wildman–Crippen MR) is 73.6 cm³/mol. The molecule has 2 aliphatic rings. The molecule has 0 bridgehead atoms. The number of hydrogen-bond acceptors (Lipinski definition) is 2. The number of benzene rings is 1. The van der Waals surface area contributed by atoms with Crippen LogP contribution < -0.4 is 5.32 Å². The van der Waals surface area contributed by atoms with Gasteiger partial charge in [-0.2, -0.15) is 0 Å². The zero-order valence-electron chi connectivity index (χ0n) is 11.2. The standard InChI is InChI=1S/C16H22FNO/c17-13-5-3-4-11(8-13)12-9-14(10-12)18-15-6-1-2-7-16(15)19/h3-5,8,12,14-16,18-19H,1-2,6-7,9-10H2. The van der Waals surface area contributed by atoms with Crippen LogP contribution >= 0.6 is 0 Å². The van der Waals surface area contributed by atoms with Gasteiger partial charge in [-0.3, -0.25) is 0 Å². The maximum absolute atomic E-state index is 13.2. The number of aliphatic hydroxyl groups is 1. The van der Waals surface area contributed by atoms with Gasteiger partial charge in [0.05, 0.1) is 6.10 Å². The molecular weight excluding hydrogens is 241 g/mol. The van der Waals surface area contributed by atoms with E-state index in [-0.39, 0.29) is 18.0 Å². The van der Waals surface area contributed by atoms with E-state index in [1.165, 1.54) is 12.5 Å². The van der Waals surface area contributed by atoms with Crippen molar-refractivity contribution in [2.45, 2.75) is 62.6 Å². The number of nitrogens with one attached hydrogen (secondary N) is 1. The van der Waals surface area contributed by atoms with Gasteiger partial charge in [0.25, 0.3) is 0 Å². The molecule has 2 unspecified atom stereocenters. The summed E-state index contributed by atoms with van der Waals surface area (Å²) < 4.78 is 13.2. The SMILES string of the molecule is OC1CCCCC1NC1CC(c2cccc(F)c2)C1. The molecule has 0 saturated heterocycles. The Balaban J connectivity index is 1.50. The van der Waals surface area contributed by atoms with E-state index in [0.717, 1.165) is 37.7 Å². The maximum atomic E-state index is 13.2. The highest BCUT2D eigenvalue weighted by molar-refractivity contribution is 5.23. The first kappa shape index (κ1) is 13.1. The van der Waals surface area contributed by atoms with Gasteiger partial charge in [-0.1, -0.05) is 25.0 Å². The molecule has 19 heavy (non-hydrogen) atoms. The zero-order chi connectivity index (χ0) is 13.2. The Morgan fingerprint density at radius 2 is 1.95 bits per heavy atom. The van der Waals surface area contributed by atoms with E-state index >= 15 is 0 Å². The van der Waals surface area contributed by atoms with Crippen molar-refractivity contribution in [3.63, 3.8) is 0 Å². The normalized spacial score (nSPS) is 34.8. The molecular formula is C16H22FNO. The molecule has 1 aromatic rings. The summed E-state index contributed by atoms with van der Waals surface area (Å²) in [6.45, 7) is 0. The van der Waals surface area contributed by atoms with Crippen molar-refractivity contribution in [3.05, 3.63) is 35.6 Å². The highest BCUT2D eigenvalue weighted by Crippen LogP contribution is 2.37. The van der Waals surface area contributed by atoms with Crippen molar-refractivity contribution in [1.29, 1.82) is 0 Å². The molecule has 2 atom stereocenters. The zero-order valence-corrected chi connectivity index (χ0v) is 11.2. The molecule has 1 aromatic carbocycles. The lowest BCUT2D eigenvalue weighted by atomic mass is 9.75. The van der Waals surface area contributed by atoms with Crippen molar-refractivity contribution >= 4 is 0 Å². The molecule has 3 rings (SSSR count). The third-order valence-corrected chi connectivity index (χ3v) is 4.64. The summed E-state index contributed by atoms with van der Waals surface area (Å²) in [5, 5.41) is 13.5. The van der Waals surface area contributed by atoms with Crippen molar-refractivity contribution in [2.24, 2.45) is 0 Å². The molecule has 0 heterocycles. The summed E-state index contributed by atoms with van der Waals surface area (Å²) in [5.41, 5.74) is 1.11. The Hall–Kier alpha value is -0.930. The molecule has 2 N–H and O–H groups in total. The Bertz CT molecular complexity index is 431. The Morgan fingerprint density at radius 1 is 1.16 bits per heavy atom. The second-order valence-electron chi connectivity index (χ2n) is 6.05. The minimum Gasteiger partial charge on any atom is -0.392 e. The maximum Gasteiger partial charge on any atom is 0.123 e. The van der Waals surface area contributed by atoms with E-state index in [9.17, 15) is 9.50 Å². The monoisotopic (exact) mass is 263 g/mol. The van der Waals surface area contributed by atoms with Gasteiger partial charge in [0.1, 0.15) is 5.82 Å². The first-order valence-electron chi connectivity index (χ1n) is 7.42. The van der Waals surface area contributed by atoms with E-state index in [0.29, 0.717) is 12.0 Å². The summed E-state index contributed by atoms with van der Waals surface area (Å²) in [6.07, 6.45) is 6.33. The number of aliphatic hydroxyl groups excluding tert-OH is 1. The lowest BCUT2D eigenvalue weighted by Gasteiger charge is -2.41. The van der Waals surface area contributed by atoms with Gasteiger partial charge in [0, 0.05) is 12.1 Å². The van der Waals surface area contributed by atoms with E-state index in [4.69, 9.17) is 0 Å². The fourth-order valence-corrected chi connectivity index (χ4v) is 3.40. The largest absolute Gasteiger partial charge is 0.392 e. The molecule has 104 valence electrons. The van der Waals surface area contributed by atoms with Gasteiger partial charge >= 0.3 is 0 Å². The summed E-state index contributed by atoms with van der Waals surface area (Å²) in [7, 11) is 0. The van der Waals surface area contributed by atoms with Crippen LogP contribution in [0.3, 0.4) is 0 Å². The first-order chi connectivity index (χ1) is 9.22. The molecule has 0 aliphatic heterocycles. The van der Waals surface area contributed by atoms with Crippen LogP contribution in [0.4, 0.5) is 4.39 Å². The summed E-state index contributed by atoms with van der Waals surface area (Å²) in [6, 6.07) is 7.71. The van der Waals surface area contributed by atoms with Crippen LogP contribution in [0.1, 0.15) is 50.0 Å². The highest BCUT2D eigenvalue weighted by Gasteiger charge is 2.34. The molecule has 2 saturated carbocycles. The van der Waals surface area contributed by atoms with Crippen molar-refractivity contribution in [3.8, 4) is 0 Å². The molecule has 0 radical (unpaired) electrons. The van der Waals surface area contributed by atoms with E-state index in [2.05, 4.69) is 5.32 Å². The molecule has 3 heteroatoms. The van der Waals surface area contributed by atoms with Crippen LogP contribution in [0.15, 0.2) is 24.3 Å². The third kappa shape index (κ3) is 2.98. The predicted octanol–water partition coefficient (Wildman–Crippen LogP) is 2.96. The quantitative estimate of drug-likeness (QED) is 0.878. The fraction of sp³-hybridized carbons (Fsp3) is 0.625. The van der Waals surface area contributed by atoms with Gasteiger partial charge < -0.3 is 10.4 Å². The molecule has 0 spiro atoms. The summed E-state index contributed by atoms with van der Waals surface area (Å²) in [4.78, 5) is 0. The van der Waals surface area contributed by atoms with Crippen LogP contribution in [0.25, 0.3) is 0 Å². The fourth-order valence-electron chi connectivity index (χ4n) is 3.40. The molecule has 0 amide bonds. The van der Waals surface area contributed by atoms with Crippen molar-refractivity contribution < 1.29 is 9.50 Å². The van der Waals surface area contributed by atoms with E-state index in [1.807, 2.05) is 6.07 Å². The highest BCUT2D eigenvalue weighted by atomic mass is 19.1. The topological polar surface area (TPSA) is 32.3 Å². The average Bonchev–Trinajstić information content (AvgIpc) is 2.35. The molecule has 2 fully saturated rings. The van der Waals surface area contributed by atoms with Crippen molar-refractivity contribution in [1.82, 2.24) is 5.32 Å². The number of halogens is 1. The van der Waals surface area contributed by atoms with Crippen LogP contribution in [-0.2, 0) is 0 Å². The van der Waals surface area contributed by atoms with Gasteiger partial charge in [-0.05, 0) is 49.3 Å². The van der Waals surface area contributed by atoms with Gasteiger partial charge in [0.2, 0.25) is 0 Å². The second kappa shape index (κ2) is 5.59. The Labute approximate surface area is 114 Å².